The average Bonchev–Trinajstić information content (AvgIpc) is 2.82. The molecule has 0 aromatic heterocycles. The lowest BCUT2D eigenvalue weighted by molar-refractivity contribution is -0.144. The van der Waals surface area contributed by atoms with Crippen molar-refractivity contribution in [1.29, 1.82) is 0 Å². The molecule has 0 heterocycles. The number of carboxylic acids is 1. The molecule has 0 aromatic rings. The van der Waals surface area contributed by atoms with Crippen LogP contribution in [0.15, 0.2) is 0 Å². The Morgan fingerprint density at radius 2 is 1.68 bits per heavy atom. The minimum Gasteiger partial charge on any atom is -0.480 e. The largest absolute Gasteiger partial charge is 0.480 e. The molecule has 2 fully saturated rings. The van der Waals surface area contributed by atoms with E-state index < -0.39 is 11.5 Å². The van der Waals surface area contributed by atoms with Gasteiger partial charge in [0.25, 0.3) is 0 Å². The quantitative estimate of drug-likeness (QED) is 0.734. The summed E-state index contributed by atoms with van der Waals surface area (Å²) in [7, 11) is 0. The van der Waals surface area contributed by atoms with Gasteiger partial charge in [-0.2, -0.15) is 0 Å². The van der Waals surface area contributed by atoms with E-state index in [1.807, 2.05) is 0 Å². The molecule has 2 aliphatic carbocycles. The molecule has 0 radical (unpaired) electrons. The summed E-state index contributed by atoms with van der Waals surface area (Å²) in [6.45, 7) is 2.23. The van der Waals surface area contributed by atoms with Gasteiger partial charge < -0.3 is 15.7 Å². The SMILES string of the molecule is CC1CCC(NC(=O)NC2(C(=O)O)CCCC2)CC1. The smallest absolute Gasteiger partial charge is 0.329 e. The molecule has 2 rings (SSSR count). The number of rotatable bonds is 3. The Balaban J connectivity index is 1.85. The highest BCUT2D eigenvalue weighted by Crippen LogP contribution is 2.30. The summed E-state index contributed by atoms with van der Waals surface area (Å²) < 4.78 is 0. The average molecular weight is 268 g/mol. The summed E-state index contributed by atoms with van der Waals surface area (Å²) in [6.07, 6.45) is 7.07. The summed E-state index contributed by atoms with van der Waals surface area (Å²) in [5.74, 6) is -0.168. The van der Waals surface area contributed by atoms with Crippen molar-refractivity contribution in [1.82, 2.24) is 10.6 Å². The number of hydrogen-bond donors (Lipinski definition) is 3. The van der Waals surface area contributed by atoms with Crippen LogP contribution < -0.4 is 10.6 Å². The number of nitrogens with one attached hydrogen (secondary N) is 2. The van der Waals surface area contributed by atoms with Crippen molar-refractivity contribution in [3.63, 3.8) is 0 Å². The molecule has 2 amide bonds. The van der Waals surface area contributed by atoms with E-state index in [9.17, 15) is 14.7 Å². The molecule has 0 saturated heterocycles. The number of carboxylic acid groups (broad SMARTS) is 1. The number of carbonyl (C=O) groups is 2. The third-order valence-electron chi connectivity index (χ3n) is 4.57. The van der Waals surface area contributed by atoms with Gasteiger partial charge in [0.1, 0.15) is 5.54 Å². The van der Waals surface area contributed by atoms with Crippen molar-refractivity contribution in [2.24, 2.45) is 5.92 Å². The van der Waals surface area contributed by atoms with Crippen LogP contribution in [0.4, 0.5) is 4.79 Å². The van der Waals surface area contributed by atoms with Crippen LogP contribution in [0.1, 0.15) is 58.3 Å². The third-order valence-corrected chi connectivity index (χ3v) is 4.57. The summed E-state index contributed by atoms with van der Waals surface area (Å²) >= 11 is 0. The van der Waals surface area contributed by atoms with E-state index in [1.165, 1.54) is 0 Å². The molecule has 0 aromatic carbocycles. The van der Waals surface area contributed by atoms with E-state index >= 15 is 0 Å². The fourth-order valence-corrected chi connectivity index (χ4v) is 3.21. The Kier molecular flexibility index (Phi) is 4.32. The van der Waals surface area contributed by atoms with Gasteiger partial charge in [0.05, 0.1) is 0 Å². The van der Waals surface area contributed by atoms with E-state index in [0.29, 0.717) is 12.8 Å². The topological polar surface area (TPSA) is 78.4 Å². The van der Waals surface area contributed by atoms with Gasteiger partial charge >= 0.3 is 12.0 Å². The number of carbonyl (C=O) groups excluding carboxylic acids is 1. The fourth-order valence-electron chi connectivity index (χ4n) is 3.21. The minimum atomic E-state index is -1.04. The highest BCUT2D eigenvalue weighted by molar-refractivity contribution is 5.86. The summed E-state index contributed by atoms with van der Waals surface area (Å²) in [5.41, 5.74) is -1.04. The monoisotopic (exact) mass is 268 g/mol. The summed E-state index contributed by atoms with van der Waals surface area (Å²) in [4.78, 5) is 23.3. The molecule has 0 spiro atoms. The second kappa shape index (κ2) is 5.80. The number of urea groups is 1. The Hall–Kier alpha value is -1.26. The third kappa shape index (κ3) is 3.39. The zero-order chi connectivity index (χ0) is 13.9. The molecule has 5 heteroatoms. The lowest BCUT2D eigenvalue weighted by Gasteiger charge is -2.30. The maximum atomic E-state index is 12.0. The lowest BCUT2D eigenvalue weighted by Crippen LogP contribution is -2.57. The van der Waals surface area contributed by atoms with Crippen molar-refractivity contribution < 1.29 is 14.7 Å². The first-order valence-electron chi connectivity index (χ1n) is 7.34. The Bertz CT molecular complexity index is 343. The summed E-state index contributed by atoms with van der Waals surface area (Å²) in [6, 6.07) is -0.118. The van der Waals surface area contributed by atoms with E-state index in [1.54, 1.807) is 0 Å². The van der Waals surface area contributed by atoms with Gasteiger partial charge in [-0.3, -0.25) is 0 Å². The standard InChI is InChI=1S/C14H24N2O3/c1-10-4-6-11(7-5-10)15-13(19)16-14(12(17)18)8-2-3-9-14/h10-11H,2-9H2,1H3,(H,17,18)(H2,15,16,19). The van der Waals surface area contributed by atoms with Crippen molar-refractivity contribution in [2.45, 2.75) is 69.9 Å². The van der Waals surface area contributed by atoms with E-state index in [4.69, 9.17) is 0 Å². The summed E-state index contributed by atoms with van der Waals surface area (Å²) in [5, 5.41) is 14.9. The Morgan fingerprint density at radius 3 is 2.21 bits per heavy atom. The maximum Gasteiger partial charge on any atom is 0.329 e. The molecule has 3 N–H and O–H groups in total. The normalized spacial score (nSPS) is 29.7. The molecular formula is C14H24N2O3. The fraction of sp³-hybridized carbons (Fsp3) is 0.857. The van der Waals surface area contributed by atoms with Crippen LogP contribution in [0.2, 0.25) is 0 Å². The van der Waals surface area contributed by atoms with Crippen molar-refractivity contribution in [3.05, 3.63) is 0 Å². The Labute approximate surface area is 114 Å². The number of aliphatic carboxylic acids is 1. The zero-order valence-corrected chi connectivity index (χ0v) is 11.6. The first-order valence-corrected chi connectivity index (χ1v) is 7.34. The molecule has 19 heavy (non-hydrogen) atoms. The maximum absolute atomic E-state index is 12.0. The van der Waals surface area contributed by atoms with Crippen molar-refractivity contribution in [3.8, 4) is 0 Å². The molecule has 2 saturated carbocycles. The van der Waals surface area contributed by atoms with E-state index in [0.717, 1.165) is 44.4 Å². The highest BCUT2D eigenvalue weighted by Gasteiger charge is 2.42. The van der Waals surface area contributed by atoms with Gasteiger partial charge in [0, 0.05) is 6.04 Å². The molecule has 0 aliphatic heterocycles. The van der Waals surface area contributed by atoms with Gasteiger partial charge in [-0.1, -0.05) is 19.8 Å². The van der Waals surface area contributed by atoms with Crippen LogP contribution >= 0.6 is 0 Å². The van der Waals surface area contributed by atoms with Gasteiger partial charge in [0.15, 0.2) is 0 Å². The molecule has 0 bridgehead atoms. The second-order valence-corrected chi connectivity index (χ2v) is 6.15. The van der Waals surface area contributed by atoms with Gasteiger partial charge in [-0.25, -0.2) is 9.59 Å². The number of amides is 2. The van der Waals surface area contributed by atoms with Crippen LogP contribution in [0, 0.1) is 5.92 Å². The predicted molar refractivity (Wildman–Crippen MR) is 71.9 cm³/mol. The van der Waals surface area contributed by atoms with Crippen LogP contribution in [0.5, 0.6) is 0 Å². The van der Waals surface area contributed by atoms with E-state index in [-0.39, 0.29) is 12.1 Å². The van der Waals surface area contributed by atoms with Crippen LogP contribution in [0.3, 0.4) is 0 Å². The molecule has 0 unspecified atom stereocenters. The highest BCUT2D eigenvalue weighted by atomic mass is 16.4. The second-order valence-electron chi connectivity index (χ2n) is 6.15. The number of hydrogen-bond acceptors (Lipinski definition) is 2. The molecule has 5 nitrogen and oxygen atoms in total. The Morgan fingerprint density at radius 1 is 1.11 bits per heavy atom. The molecule has 108 valence electrons. The minimum absolute atomic E-state index is 0.198. The van der Waals surface area contributed by atoms with Gasteiger partial charge in [-0.05, 0) is 44.4 Å². The van der Waals surface area contributed by atoms with Crippen LogP contribution in [0.25, 0.3) is 0 Å². The van der Waals surface area contributed by atoms with Crippen molar-refractivity contribution in [2.75, 3.05) is 0 Å². The molecule has 2 aliphatic rings. The van der Waals surface area contributed by atoms with E-state index in [2.05, 4.69) is 17.6 Å². The van der Waals surface area contributed by atoms with Crippen LogP contribution in [-0.2, 0) is 4.79 Å². The molecule has 0 atom stereocenters. The van der Waals surface area contributed by atoms with Gasteiger partial charge in [-0.15, -0.1) is 0 Å². The molecular weight excluding hydrogens is 244 g/mol. The first-order chi connectivity index (χ1) is 9.02. The van der Waals surface area contributed by atoms with Crippen molar-refractivity contribution >= 4 is 12.0 Å². The first kappa shape index (κ1) is 14.2. The van der Waals surface area contributed by atoms with Gasteiger partial charge in [0.2, 0.25) is 0 Å². The zero-order valence-electron chi connectivity index (χ0n) is 11.6. The van der Waals surface area contributed by atoms with Crippen LogP contribution in [-0.4, -0.2) is 28.7 Å². The predicted octanol–water partition coefficient (Wildman–Crippen LogP) is 2.26. The lowest BCUT2D eigenvalue weighted by atomic mass is 9.87.